The van der Waals surface area contributed by atoms with E-state index >= 15 is 0 Å². The van der Waals surface area contributed by atoms with Crippen molar-refractivity contribution in [2.24, 2.45) is 0 Å². The highest BCUT2D eigenvalue weighted by atomic mass is 16.3. The number of likely N-dealkylation sites (N-methyl/N-ethyl adjacent to an activating group) is 1. The molecule has 2 atom stereocenters. The molecule has 1 aromatic heterocycles. The van der Waals surface area contributed by atoms with E-state index in [1.807, 2.05) is 12.1 Å². The van der Waals surface area contributed by atoms with Gasteiger partial charge in [-0.3, -0.25) is 14.8 Å². The molecule has 18 heavy (non-hydrogen) atoms. The molecular formula is C14H23N3O. The molecule has 2 heterocycles. The highest BCUT2D eigenvalue weighted by Crippen LogP contribution is 2.23. The Bertz CT molecular complexity index is 357. The number of piperazine rings is 1. The van der Waals surface area contributed by atoms with Crippen molar-refractivity contribution in [2.45, 2.75) is 25.9 Å². The first-order valence-corrected chi connectivity index (χ1v) is 6.75. The maximum absolute atomic E-state index is 9.67. The lowest BCUT2D eigenvalue weighted by molar-refractivity contribution is 0.0367. The van der Waals surface area contributed by atoms with Crippen LogP contribution in [0.2, 0.25) is 0 Å². The number of aromatic nitrogens is 1. The summed E-state index contributed by atoms with van der Waals surface area (Å²) in [7, 11) is 0. The molecule has 1 saturated heterocycles. The number of aliphatic hydroxyl groups is 1. The maximum atomic E-state index is 9.67. The quantitative estimate of drug-likeness (QED) is 0.868. The molecule has 0 bridgehead atoms. The van der Waals surface area contributed by atoms with Crippen molar-refractivity contribution < 1.29 is 5.11 Å². The van der Waals surface area contributed by atoms with Crippen LogP contribution < -0.4 is 0 Å². The second-order valence-corrected chi connectivity index (χ2v) is 4.95. The van der Waals surface area contributed by atoms with Gasteiger partial charge in [0.1, 0.15) is 0 Å². The van der Waals surface area contributed by atoms with Crippen LogP contribution >= 0.6 is 0 Å². The highest BCUT2D eigenvalue weighted by Gasteiger charge is 2.27. The fraction of sp³-hybridized carbons (Fsp3) is 0.643. The lowest BCUT2D eigenvalue weighted by Gasteiger charge is -2.42. The molecule has 1 aliphatic rings. The van der Waals surface area contributed by atoms with Crippen molar-refractivity contribution in [3.8, 4) is 0 Å². The molecule has 2 rings (SSSR count). The van der Waals surface area contributed by atoms with E-state index in [1.54, 1.807) is 12.4 Å². The van der Waals surface area contributed by atoms with Crippen LogP contribution in [0, 0.1) is 0 Å². The minimum Gasteiger partial charge on any atom is -0.394 e. The molecule has 4 heteroatoms. The van der Waals surface area contributed by atoms with Crippen molar-refractivity contribution in [1.29, 1.82) is 0 Å². The first-order valence-electron chi connectivity index (χ1n) is 6.75. The van der Waals surface area contributed by atoms with E-state index in [-0.39, 0.29) is 12.6 Å². The molecule has 100 valence electrons. The van der Waals surface area contributed by atoms with Crippen LogP contribution in [0.5, 0.6) is 0 Å². The molecule has 0 saturated carbocycles. The maximum Gasteiger partial charge on any atom is 0.0628 e. The van der Waals surface area contributed by atoms with E-state index in [4.69, 9.17) is 0 Å². The summed E-state index contributed by atoms with van der Waals surface area (Å²) < 4.78 is 0. The molecule has 1 aliphatic heterocycles. The van der Waals surface area contributed by atoms with Crippen molar-refractivity contribution >= 4 is 0 Å². The second kappa shape index (κ2) is 6.27. The molecule has 0 radical (unpaired) electrons. The van der Waals surface area contributed by atoms with Gasteiger partial charge in [0.2, 0.25) is 0 Å². The number of nitrogens with zero attached hydrogens (tertiary/aromatic N) is 3. The summed E-state index contributed by atoms with van der Waals surface area (Å²) >= 11 is 0. The van der Waals surface area contributed by atoms with Gasteiger partial charge in [0.05, 0.1) is 12.6 Å². The van der Waals surface area contributed by atoms with Gasteiger partial charge in [-0.15, -0.1) is 0 Å². The summed E-state index contributed by atoms with van der Waals surface area (Å²) in [5.74, 6) is 0. The molecule has 1 N–H and O–H groups in total. The zero-order valence-electron chi connectivity index (χ0n) is 11.3. The number of rotatable bonds is 4. The minimum absolute atomic E-state index is 0.106. The van der Waals surface area contributed by atoms with Gasteiger partial charge in [0.25, 0.3) is 0 Å². The van der Waals surface area contributed by atoms with Crippen LogP contribution in [0.25, 0.3) is 0 Å². The first-order chi connectivity index (χ1) is 8.76. The largest absolute Gasteiger partial charge is 0.394 e. The lowest BCUT2D eigenvalue weighted by Crippen LogP contribution is -2.53. The van der Waals surface area contributed by atoms with E-state index in [1.165, 1.54) is 0 Å². The number of aliphatic hydroxyl groups excluding tert-OH is 1. The Morgan fingerprint density at radius 3 is 2.67 bits per heavy atom. The molecule has 0 aliphatic carbocycles. The average molecular weight is 249 g/mol. The smallest absolute Gasteiger partial charge is 0.0628 e. The van der Waals surface area contributed by atoms with Gasteiger partial charge in [-0.1, -0.05) is 6.92 Å². The predicted molar refractivity (Wildman–Crippen MR) is 72.3 cm³/mol. The van der Waals surface area contributed by atoms with Gasteiger partial charge in [-0.05, 0) is 31.2 Å². The Hall–Kier alpha value is -0.970. The van der Waals surface area contributed by atoms with Gasteiger partial charge in [0, 0.05) is 38.1 Å². The lowest BCUT2D eigenvalue weighted by atomic mass is 10.0. The van der Waals surface area contributed by atoms with Gasteiger partial charge >= 0.3 is 0 Å². The van der Waals surface area contributed by atoms with Crippen molar-refractivity contribution in [1.82, 2.24) is 14.8 Å². The molecule has 1 fully saturated rings. The van der Waals surface area contributed by atoms with Crippen LogP contribution in [0.4, 0.5) is 0 Å². The third-order valence-electron chi connectivity index (χ3n) is 3.91. The number of hydrogen-bond acceptors (Lipinski definition) is 4. The first kappa shape index (κ1) is 13.5. The normalized spacial score (nSPS) is 24.1. The van der Waals surface area contributed by atoms with Gasteiger partial charge in [-0.2, -0.15) is 0 Å². The van der Waals surface area contributed by atoms with Crippen molar-refractivity contribution in [3.05, 3.63) is 30.1 Å². The second-order valence-electron chi connectivity index (χ2n) is 4.95. The molecule has 4 nitrogen and oxygen atoms in total. The van der Waals surface area contributed by atoms with Crippen LogP contribution in [0.15, 0.2) is 24.5 Å². The van der Waals surface area contributed by atoms with Crippen LogP contribution in [-0.2, 0) is 0 Å². The van der Waals surface area contributed by atoms with E-state index in [0.717, 1.165) is 31.7 Å². The number of pyridine rings is 1. The van der Waals surface area contributed by atoms with Gasteiger partial charge in [-0.25, -0.2) is 0 Å². The molecule has 0 spiro atoms. The molecule has 0 amide bonds. The fourth-order valence-electron chi connectivity index (χ4n) is 2.79. The molecule has 1 aromatic rings. The number of hydrogen-bond donors (Lipinski definition) is 1. The van der Waals surface area contributed by atoms with Gasteiger partial charge < -0.3 is 5.11 Å². The van der Waals surface area contributed by atoms with Crippen LogP contribution in [-0.4, -0.2) is 58.7 Å². The van der Waals surface area contributed by atoms with Crippen molar-refractivity contribution in [3.63, 3.8) is 0 Å². The molecular weight excluding hydrogens is 226 g/mol. The Kier molecular flexibility index (Phi) is 4.69. The SMILES string of the molecule is CCN1CCN(C(CO)c2ccncc2)CC1C. The molecule has 2 unspecified atom stereocenters. The summed E-state index contributed by atoms with van der Waals surface area (Å²) in [6.45, 7) is 8.86. The summed E-state index contributed by atoms with van der Waals surface area (Å²) in [5.41, 5.74) is 1.16. The predicted octanol–water partition coefficient (Wildman–Crippen LogP) is 1.14. The fourth-order valence-corrected chi connectivity index (χ4v) is 2.79. The van der Waals surface area contributed by atoms with E-state index in [9.17, 15) is 5.11 Å². The Balaban J connectivity index is 2.06. The third kappa shape index (κ3) is 2.88. The summed E-state index contributed by atoms with van der Waals surface area (Å²) in [5, 5.41) is 9.67. The zero-order valence-corrected chi connectivity index (χ0v) is 11.3. The zero-order chi connectivity index (χ0) is 13.0. The minimum atomic E-state index is 0.106. The highest BCUT2D eigenvalue weighted by molar-refractivity contribution is 5.15. The van der Waals surface area contributed by atoms with Crippen LogP contribution in [0.1, 0.15) is 25.5 Å². The molecule has 0 aromatic carbocycles. The Morgan fingerprint density at radius 2 is 2.11 bits per heavy atom. The Morgan fingerprint density at radius 1 is 1.39 bits per heavy atom. The Labute approximate surface area is 109 Å². The van der Waals surface area contributed by atoms with Crippen LogP contribution in [0.3, 0.4) is 0 Å². The summed E-state index contributed by atoms with van der Waals surface area (Å²) in [6.07, 6.45) is 3.59. The monoisotopic (exact) mass is 249 g/mol. The summed E-state index contributed by atoms with van der Waals surface area (Å²) in [4.78, 5) is 8.90. The van der Waals surface area contributed by atoms with E-state index in [0.29, 0.717) is 6.04 Å². The van der Waals surface area contributed by atoms with Gasteiger partial charge in [0.15, 0.2) is 0 Å². The topological polar surface area (TPSA) is 39.6 Å². The average Bonchev–Trinajstić information content (AvgIpc) is 2.41. The van der Waals surface area contributed by atoms with E-state index in [2.05, 4.69) is 28.6 Å². The van der Waals surface area contributed by atoms with Crippen molar-refractivity contribution in [2.75, 3.05) is 32.8 Å². The standard InChI is InChI=1S/C14H23N3O/c1-3-16-8-9-17(10-12(16)2)14(11-18)13-4-6-15-7-5-13/h4-7,12,14,18H,3,8-11H2,1-2H3. The third-order valence-corrected chi connectivity index (χ3v) is 3.91. The summed E-state index contributed by atoms with van der Waals surface area (Å²) in [6, 6.07) is 4.66. The van der Waals surface area contributed by atoms with E-state index < -0.39 is 0 Å².